The molecule has 0 aliphatic heterocycles. The van der Waals surface area contributed by atoms with E-state index in [1.807, 2.05) is 0 Å². The van der Waals surface area contributed by atoms with Crippen molar-refractivity contribution in [2.24, 2.45) is 5.73 Å². The van der Waals surface area contributed by atoms with E-state index in [9.17, 15) is 0 Å². The summed E-state index contributed by atoms with van der Waals surface area (Å²) in [5.74, 6) is 0. The molecule has 2 nitrogen and oxygen atoms in total. The summed E-state index contributed by atoms with van der Waals surface area (Å²) in [5, 5.41) is 0. The van der Waals surface area contributed by atoms with E-state index in [0.29, 0.717) is 6.54 Å². The Bertz CT molecular complexity index is 508. The lowest BCUT2D eigenvalue weighted by atomic mass is 10.1. The topological polar surface area (TPSA) is 29.3 Å². The second-order valence-electron chi connectivity index (χ2n) is 4.36. The number of hydrogen-bond donors (Lipinski definition) is 1. The van der Waals surface area contributed by atoms with Gasteiger partial charge in [0.1, 0.15) is 0 Å². The van der Waals surface area contributed by atoms with Gasteiger partial charge in [0.15, 0.2) is 0 Å². The quantitative estimate of drug-likeness (QED) is 0.936. The second-order valence-corrected chi connectivity index (χ2v) is 5.27. The summed E-state index contributed by atoms with van der Waals surface area (Å²) in [5.41, 5.74) is 9.31. The molecule has 0 fully saturated rings. The average Bonchev–Trinajstić information content (AvgIpc) is 2.41. The van der Waals surface area contributed by atoms with E-state index in [1.54, 1.807) is 0 Å². The van der Waals surface area contributed by atoms with E-state index in [-0.39, 0.29) is 0 Å². The molecule has 3 heteroatoms. The van der Waals surface area contributed by atoms with E-state index in [4.69, 9.17) is 5.73 Å². The molecule has 0 aromatic heterocycles. The number of benzene rings is 2. The maximum Gasteiger partial charge on any atom is 0.0426 e. The van der Waals surface area contributed by atoms with E-state index < -0.39 is 0 Å². The Hall–Kier alpha value is -1.32. The molecular formula is C15H17BrN2. The van der Waals surface area contributed by atoms with Crippen LogP contribution in [-0.2, 0) is 13.1 Å². The molecule has 0 heterocycles. The molecular weight excluding hydrogens is 288 g/mol. The van der Waals surface area contributed by atoms with Crippen LogP contribution in [0.2, 0.25) is 0 Å². The lowest BCUT2D eigenvalue weighted by molar-refractivity contribution is 0.919. The molecule has 94 valence electrons. The van der Waals surface area contributed by atoms with Crippen LogP contribution in [0.25, 0.3) is 0 Å². The maximum atomic E-state index is 5.66. The highest BCUT2D eigenvalue weighted by atomic mass is 79.9. The highest BCUT2D eigenvalue weighted by molar-refractivity contribution is 9.10. The van der Waals surface area contributed by atoms with Gasteiger partial charge in [-0.25, -0.2) is 0 Å². The third-order valence-corrected chi connectivity index (χ3v) is 3.45. The molecule has 2 aromatic rings. The first kappa shape index (κ1) is 13.1. The van der Waals surface area contributed by atoms with Gasteiger partial charge < -0.3 is 10.6 Å². The zero-order valence-electron chi connectivity index (χ0n) is 10.4. The Labute approximate surface area is 117 Å². The van der Waals surface area contributed by atoms with Crippen molar-refractivity contribution in [2.45, 2.75) is 13.1 Å². The van der Waals surface area contributed by atoms with Gasteiger partial charge in [-0.1, -0.05) is 40.2 Å². The molecule has 2 N–H and O–H groups in total. The van der Waals surface area contributed by atoms with Gasteiger partial charge in [0, 0.05) is 30.3 Å². The summed E-state index contributed by atoms with van der Waals surface area (Å²) in [7, 11) is 2.09. The normalized spacial score (nSPS) is 10.4. The van der Waals surface area contributed by atoms with E-state index in [2.05, 4.69) is 76.4 Å². The van der Waals surface area contributed by atoms with Gasteiger partial charge >= 0.3 is 0 Å². The Morgan fingerprint density at radius 1 is 1.06 bits per heavy atom. The zero-order chi connectivity index (χ0) is 13.0. The predicted octanol–water partition coefficient (Wildman–Crippen LogP) is 3.54. The number of nitrogens with zero attached hydrogens (tertiary/aromatic N) is 1. The van der Waals surface area contributed by atoms with Crippen molar-refractivity contribution >= 4 is 21.6 Å². The third-order valence-electron chi connectivity index (χ3n) is 2.92. The van der Waals surface area contributed by atoms with Crippen LogP contribution < -0.4 is 10.6 Å². The Kier molecular flexibility index (Phi) is 4.39. The fourth-order valence-electron chi connectivity index (χ4n) is 1.88. The minimum Gasteiger partial charge on any atom is -0.370 e. The van der Waals surface area contributed by atoms with Gasteiger partial charge in [-0.15, -0.1) is 0 Å². The van der Waals surface area contributed by atoms with Gasteiger partial charge in [0.05, 0.1) is 0 Å². The lowest BCUT2D eigenvalue weighted by Gasteiger charge is -2.20. The Balaban J connectivity index is 2.11. The molecule has 0 radical (unpaired) electrons. The van der Waals surface area contributed by atoms with Crippen LogP contribution >= 0.6 is 15.9 Å². The molecule has 0 amide bonds. The fourth-order valence-corrected chi connectivity index (χ4v) is 2.14. The van der Waals surface area contributed by atoms with Crippen LogP contribution in [0.5, 0.6) is 0 Å². The van der Waals surface area contributed by atoms with Crippen molar-refractivity contribution < 1.29 is 0 Å². The number of nitrogens with two attached hydrogens (primary N) is 1. The van der Waals surface area contributed by atoms with Gasteiger partial charge in [0.2, 0.25) is 0 Å². The standard InChI is InChI=1S/C15H17BrN2/c1-18(11-12-5-7-14(16)8-6-12)15-4-2-3-13(9-15)10-17/h2-9H,10-11,17H2,1H3. The van der Waals surface area contributed by atoms with Crippen molar-refractivity contribution in [1.82, 2.24) is 0 Å². The van der Waals surface area contributed by atoms with Gasteiger partial charge in [-0.2, -0.15) is 0 Å². The summed E-state index contributed by atoms with van der Waals surface area (Å²) in [6, 6.07) is 16.8. The lowest BCUT2D eigenvalue weighted by Crippen LogP contribution is -2.16. The summed E-state index contributed by atoms with van der Waals surface area (Å²) >= 11 is 3.45. The largest absolute Gasteiger partial charge is 0.370 e. The molecule has 0 saturated heterocycles. The maximum absolute atomic E-state index is 5.66. The minimum atomic E-state index is 0.583. The molecule has 0 aliphatic rings. The van der Waals surface area contributed by atoms with Crippen LogP contribution in [0.15, 0.2) is 53.0 Å². The smallest absolute Gasteiger partial charge is 0.0426 e. The van der Waals surface area contributed by atoms with Crippen LogP contribution in [0.4, 0.5) is 5.69 Å². The number of hydrogen-bond acceptors (Lipinski definition) is 2. The zero-order valence-corrected chi connectivity index (χ0v) is 12.0. The first-order valence-corrected chi connectivity index (χ1v) is 6.73. The summed E-state index contributed by atoms with van der Waals surface area (Å²) in [4.78, 5) is 2.22. The number of rotatable bonds is 4. The summed E-state index contributed by atoms with van der Waals surface area (Å²) in [6.07, 6.45) is 0. The van der Waals surface area contributed by atoms with E-state index in [0.717, 1.165) is 16.6 Å². The van der Waals surface area contributed by atoms with Crippen molar-refractivity contribution in [3.05, 3.63) is 64.1 Å². The fraction of sp³-hybridized carbons (Fsp3) is 0.200. The molecule has 2 aromatic carbocycles. The van der Waals surface area contributed by atoms with Crippen LogP contribution in [0.3, 0.4) is 0 Å². The Morgan fingerprint density at radius 3 is 2.44 bits per heavy atom. The molecule has 0 bridgehead atoms. The van der Waals surface area contributed by atoms with Crippen LogP contribution in [-0.4, -0.2) is 7.05 Å². The monoisotopic (exact) mass is 304 g/mol. The van der Waals surface area contributed by atoms with Crippen molar-refractivity contribution in [3.63, 3.8) is 0 Å². The van der Waals surface area contributed by atoms with Gasteiger partial charge in [-0.05, 0) is 35.4 Å². The summed E-state index contributed by atoms with van der Waals surface area (Å²) in [6.45, 7) is 1.47. The molecule has 0 spiro atoms. The third kappa shape index (κ3) is 3.34. The number of halogens is 1. The molecule has 0 saturated carbocycles. The van der Waals surface area contributed by atoms with E-state index in [1.165, 1.54) is 11.3 Å². The first-order chi connectivity index (χ1) is 8.69. The first-order valence-electron chi connectivity index (χ1n) is 5.93. The number of anilines is 1. The molecule has 2 rings (SSSR count). The summed E-state index contributed by atoms with van der Waals surface area (Å²) < 4.78 is 1.11. The minimum absolute atomic E-state index is 0.583. The highest BCUT2D eigenvalue weighted by Crippen LogP contribution is 2.18. The van der Waals surface area contributed by atoms with Crippen LogP contribution in [0.1, 0.15) is 11.1 Å². The SMILES string of the molecule is CN(Cc1ccc(Br)cc1)c1cccc(CN)c1. The van der Waals surface area contributed by atoms with Crippen LogP contribution in [0, 0.1) is 0 Å². The van der Waals surface area contributed by atoms with Crippen molar-refractivity contribution in [1.29, 1.82) is 0 Å². The van der Waals surface area contributed by atoms with Crippen molar-refractivity contribution in [2.75, 3.05) is 11.9 Å². The highest BCUT2D eigenvalue weighted by Gasteiger charge is 2.02. The molecule has 0 unspecified atom stereocenters. The van der Waals surface area contributed by atoms with E-state index >= 15 is 0 Å². The molecule has 0 atom stereocenters. The van der Waals surface area contributed by atoms with Gasteiger partial charge in [-0.3, -0.25) is 0 Å². The Morgan fingerprint density at radius 2 is 1.78 bits per heavy atom. The average molecular weight is 305 g/mol. The second kappa shape index (κ2) is 6.03. The van der Waals surface area contributed by atoms with Gasteiger partial charge in [0.25, 0.3) is 0 Å². The molecule has 0 aliphatic carbocycles. The van der Waals surface area contributed by atoms with Crippen molar-refractivity contribution in [3.8, 4) is 0 Å². The molecule has 18 heavy (non-hydrogen) atoms. The predicted molar refractivity (Wildman–Crippen MR) is 80.6 cm³/mol.